The summed E-state index contributed by atoms with van der Waals surface area (Å²) >= 11 is 0. The van der Waals surface area contributed by atoms with Crippen molar-refractivity contribution in [2.45, 2.75) is 63.5 Å². The van der Waals surface area contributed by atoms with Gasteiger partial charge in [0.1, 0.15) is 0 Å². The molecule has 0 aromatic heterocycles. The van der Waals surface area contributed by atoms with Crippen LogP contribution in [0.5, 0.6) is 0 Å². The van der Waals surface area contributed by atoms with Crippen LogP contribution in [0.2, 0.25) is 0 Å². The maximum absolute atomic E-state index is 5.40. The van der Waals surface area contributed by atoms with E-state index in [1.165, 1.54) is 38.5 Å². The number of aliphatic imine (C=N–C) groups is 1. The number of nitrogens with one attached hydrogen (secondary N) is 2. The molecule has 0 aromatic carbocycles. The van der Waals surface area contributed by atoms with E-state index in [0.29, 0.717) is 12.1 Å². The number of nitrogens with zero attached hydrogens (tertiary/aromatic N) is 1. The summed E-state index contributed by atoms with van der Waals surface area (Å²) in [6.07, 6.45) is 10.8. The molecule has 0 aromatic rings. The number of ether oxygens (including phenoxy) is 1. The first-order chi connectivity index (χ1) is 9.86. The van der Waals surface area contributed by atoms with Crippen LogP contribution in [-0.2, 0) is 4.74 Å². The first kappa shape index (κ1) is 14.2. The number of hydrogen-bond acceptors (Lipinski definition) is 2. The molecule has 0 spiro atoms. The minimum Gasteiger partial charge on any atom is -0.381 e. The maximum Gasteiger partial charge on any atom is 0.191 e. The van der Waals surface area contributed by atoms with Crippen molar-refractivity contribution >= 4 is 5.96 Å². The highest BCUT2D eigenvalue weighted by atomic mass is 16.5. The number of guanidine groups is 1. The minimum absolute atomic E-state index is 0.529. The lowest BCUT2D eigenvalue weighted by molar-refractivity contribution is 0.0822. The van der Waals surface area contributed by atoms with Crippen LogP contribution in [0, 0.1) is 11.8 Å². The molecule has 0 bridgehead atoms. The molecule has 3 fully saturated rings. The molecular weight excluding hydrogens is 250 g/mol. The van der Waals surface area contributed by atoms with Crippen molar-refractivity contribution in [1.82, 2.24) is 10.6 Å². The van der Waals surface area contributed by atoms with E-state index in [0.717, 1.165) is 43.9 Å². The second-order valence-corrected chi connectivity index (χ2v) is 6.65. The minimum atomic E-state index is 0.529. The van der Waals surface area contributed by atoms with Crippen molar-refractivity contribution in [1.29, 1.82) is 0 Å². The largest absolute Gasteiger partial charge is 0.381 e. The Morgan fingerprint density at radius 1 is 1.00 bits per heavy atom. The molecule has 114 valence electrons. The van der Waals surface area contributed by atoms with Crippen molar-refractivity contribution in [3.63, 3.8) is 0 Å². The molecule has 0 amide bonds. The molecule has 2 unspecified atom stereocenters. The van der Waals surface area contributed by atoms with Gasteiger partial charge in [-0.1, -0.05) is 32.1 Å². The first-order valence-electron chi connectivity index (χ1n) is 8.44. The molecule has 2 saturated carbocycles. The van der Waals surface area contributed by atoms with Crippen LogP contribution < -0.4 is 10.6 Å². The highest BCUT2D eigenvalue weighted by Gasteiger charge is 2.43. The molecule has 1 heterocycles. The van der Waals surface area contributed by atoms with E-state index in [9.17, 15) is 0 Å². The van der Waals surface area contributed by atoms with Crippen molar-refractivity contribution in [2.24, 2.45) is 16.8 Å². The summed E-state index contributed by atoms with van der Waals surface area (Å²) in [5, 5.41) is 7.19. The van der Waals surface area contributed by atoms with Crippen molar-refractivity contribution in [3.8, 4) is 0 Å². The van der Waals surface area contributed by atoms with Gasteiger partial charge in [0, 0.05) is 32.3 Å². The molecule has 4 nitrogen and oxygen atoms in total. The van der Waals surface area contributed by atoms with Crippen LogP contribution >= 0.6 is 0 Å². The predicted molar refractivity (Wildman–Crippen MR) is 81.9 cm³/mol. The Morgan fingerprint density at radius 3 is 2.45 bits per heavy atom. The van der Waals surface area contributed by atoms with Crippen LogP contribution in [-0.4, -0.2) is 38.3 Å². The third-order valence-electron chi connectivity index (χ3n) is 5.20. The maximum atomic E-state index is 5.40. The molecule has 1 saturated heterocycles. The Hall–Kier alpha value is -0.770. The van der Waals surface area contributed by atoms with Gasteiger partial charge in [-0.15, -0.1) is 0 Å². The van der Waals surface area contributed by atoms with Gasteiger partial charge in [0.2, 0.25) is 0 Å². The Morgan fingerprint density at radius 2 is 1.75 bits per heavy atom. The summed E-state index contributed by atoms with van der Waals surface area (Å²) in [5.74, 6) is 2.88. The van der Waals surface area contributed by atoms with Gasteiger partial charge in [0.05, 0.1) is 0 Å². The van der Waals surface area contributed by atoms with Crippen molar-refractivity contribution in [3.05, 3.63) is 0 Å². The zero-order valence-corrected chi connectivity index (χ0v) is 12.7. The van der Waals surface area contributed by atoms with Gasteiger partial charge in [0.25, 0.3) is 0 Å². The van der Waals surface area contributed by atoms with E-state index in [4.69, 9.17) is 4.74 Å². The smallest absolute Gasteiger partial charge is 0.191 e. The highest BCUT2D eigenvalue weighted by molar-refractivity contribution is 5.80. The lowest BCUT2D eigenvalue weighted by atomic mass is 9.85. The zero-order valence-electron chi connectivity index (χ0n) is 12.7. The Kier molecular flexibility index (Phi) is 4.81. The second-order valence-electron chi connectivity index (χ2n) is 6.65. The zero-order chi connectivity index (χ0) is 13.8. The van der Waals surface area contributed by atoms with E-state index >= 15 is 0 Å². The monoisotopic (exact) mass is 279 g/mol. The van der Waals surface area contributed by atoms with Crippen LogP contribution in [0.3, 0.4) is 0 Å². The van der Waals surface area contributed by atoms with Gasteiger partial charge in [-0.05, 0) is 31.1 Å². The third-order valence-corrected chi connectivity index (χ3v) is 5.20. The van der Waals surface area contributed by atoms with Gasteiger partial charge in [-0.25, -0.2) is 0 Å². The molecular formula is C16H29N3O. The molecule has 2 N–H and O–H groups in total. The van der Waals surface area contributed by atoms with Crippen LogP contribution in [0.25, 0.3) is 0 Å². The standard InChI is InChI=1S/C16H29N3O/c1-17-16(18-13-7-9-20-10-8-13)19-15-11-14(15)12-5-3-2-4-6-12/h12-15H,2-11H2,1H3,(H2,17,18,19). The molecule has 20 heavy (non-hydrogen) atoms. The highest BCUT2D eigenvalue weighted by Crippen LogP contribution is 2.44. The van der Waals surface area contributed by atoms with Crippen molar-refractivity contribution in [2.75, 3.05) is 20.3 Å². The topological polar surface area (TPSA) is 45.7 Å². The van der Waals surface area contributed by atoms with E-state index in [1.54, 1.807) is 0 Å². The van der Waals surface area contributed by atoms with E-state index < -0.39 is 0 Å². The molecule has 0 radical (unpaired) electrons. The average Bonchev–Trinajstić information content (AvgIpc) is 3.28. The van der Waals surface area contributed by atoms with Gasteiger partial charge in [0.15, 0.2) is 5.96 Å². The fraction of sp³-hybridized carbons (Fsp3) is 0.938. The summed E-state index contributed by atoms with van der Waals surface area (Å²) in [4.78, 5) is 4.40. The SMILES string of the molecule is CN=C(NC1CCOCC1)NC1CC1C1CCCCC1. The van der Waals surface area contributed by atoms with Gasteiger partial charge in [-0.3, -0.25) is 4.99 Å². The summed E-state index contributed by atoms with van der Waals surface area (Å²) in [5.41, 5.74) is 0. The van der Waals surface area contributed by atoms with Gasteiger partial charge in [-0.2, -0.15) is 0 Å². The summed E-state index contributed by atoms with van der Waals surface area (Å²) in [6.45, 7) is 1.76. The fourth-order valence-electron chi connectivity index (χ4n) is 3.85. The van der Waals surface area contributed by atoms with Crippen LogP contribution in [0.4, 0.5) is 0 Å². The van der Waals surface area contributed by atoms with Gasteiger partial charge < -0.3 is 15.4 Å². The number of rotatable bonds is 3. The van der Waals surface area contributed by atoms with Crippen LogP contribution in [0.15, 0.2) is 4.99 Å². The first-order valence-corrected chi connectivity index (χ1v) is 8.44. The number of hydrogen-bond donors (Lipinski definition) is 2. The molecule has 3 rings (SSSR count). The molecule has 3 aliphatic rings. The Labute approximate surface area is 122 Å². The lowest BCUT2D eigenvalue weighted by Gasteiger charge is -2.26. The summed E-state index contributed by atoms with van der Waals surface area (Å²) in [7, 11) is 1.88. The quantitative estimate of drug-likeness (QED) is 0.615. The van der Waals surface area contributed by atoms with E-state index in [-0.39, 0.29) is 0 Å². The third kappa shape index (κ3) is 3.66. The van der Waals surface area contributed by atoms with Gasteiger partial charge >= 0.3 is 0 Å². The second kappa shape index (κ2) is 6.79. The predicted octanol–water partition coefficient (Wildman–Crippen LogP) is 2.30. The summed E-state index contributed by atoms with van der Waals surface area (Å²) in [6, 6.07) is 1.20. The summed E-state index contributed by atoms with van der Waals surface area (Å²) < 4.78 is 5.40. The Balaban J connectivity index is 1.42. The molecule has 2 aliphatic carbocycles. The fourth-order valence-corrected chi connectivity index (χ4v) is 3.85. The normalized spacial score (nSPS) is 33.0. The molecule has 2 atom stereocenters. The average molecular weight is 279 g/mol. The molecule has 4 heteroatoms. The molecule has 1 aliphatic heterocycles. The van der Waals surface area contributed by atoms with E-state index in [2.05, 4.69) is 15.6 Å². The van der Waals surface area contributed by atoms with E-state index in [1.807, 2.05) is 7.05 Å². The van der Waals surface area contributed by atoms with Crippen LogP contribution in [0.1, 0.15) is 51.4 Å². The Bertz CT molecular complexity index is 333. The lowest BCUT2D eigenvalue weighted by Crippen LogP contribution is -2.46. The van der Waals surface area contributed by atoms with Crippen molar-refractivity contribution < 1.29 is 4.74 Å².